The van der Waals surface area contributed by atoms with Crippen molar-refractivity contribution in [1.82, 2.24) is 14.5 Å². The molecule has 3 aliphatic rings. The van der Waals surface area contributed by atoms with E-state index in [1.165, 1.54) is 21.9 Å². The number of imide groups is 1. The van der Waals surface area contributed by atoms with Gasteiger partial charge in [0.25, 0.3) is 15.9 Å². The number of piperazine rings is 1. The summed E-state index contributed by atoms with van der Waals surface area (Å²) in [6.45, 7) is 2.00. The second-order valence-electron chi connectivity index (χ2n) is 9.14. The normalized spacial score (nSPS) is 23.3. The molecule has 0 saturated carbocycles. The number of carbonyl (C=O) groups is 3. The smallest absolute Gasteiger partial charge is 0.316 e. The molecule has 3 heterocycles. The number of sulfonamides is 1. The summed E-state index contributed by atoms with van der Waals surface area (Å²) in [6, 6.07) is 16.1. The van der Waals surface area contributed by atoms with Crippen LogP contribution in [0.2, 0.25) is 0 Å². The van der Waals surface area contributed by atoms with Crippen LogP contribution < -0.4 is 9.62 Å². The van der Waals surface area contributed by atoms with Crippen LogP contribution in [0.15, 0.2) is 71.6 Å². The number of hydrogen-bond donors (Lipinski definition) is 1. The highest BCUT2D eigenvalue weighted by atomic mass is 32.2. The predicted molar refractivity (Wildman–Crippen MR) is 128 cm³/mol. The number of aryl methyl sites for hydroxylation is 1. The minimum atomic E-state index is -4.07. The Morgan fingerprint density at radius 3 is 2.46 bits per heavy atom. The maximum absolute atomic E-state index is 13.5. The number of likely N-dealkylation sites (tertiary alicyclic amines) is 1. The van der Waals surface area contributed by atoms with Crippen molar-refractivity contribution < 1.29 is 22.8 Å². The maximum atomic E-state index is 13.5. The van der Waals surface area contributed by atoms with Crippen molar-refractivity contribution in [3.8, 4) is 0 Å². The topological polar surface area (TPSA) is 107 Å². The summed E-state index contributed by atoms with van der Waals surface area (Å²) in [5.41, 5.74) is 1.40. The zero-order valence-electron chi connectivity index (χ0n) is 18.8. The number of hydrogen-bond acceptors (Lipinski definition) is 5. The van der Waals surface area contributed by atoms with Crippen LogP contribution in [0.25, 0.3) is 10.8 Å². The number of benzene rings is 3. The number of urea groups is 2. The van der Waals surface area contributed by atoms with Crippen LogP contribution in [0, 0.1) is 6.92 Å². The summed E-state index contributed by atoms with van der Waals surface area (Å²) in [5.74, 6) is -0.405. The largest absolute Gasteiger partial charge is 0.332 e. The molecule has 1 N–H and O–H groups in total. The van der Waals surface area contributed by atoms with Gasteiger partial charge in [-0.3, -0.25) is 4.79 Å². The van der Waals surface area contributed by atoms with Crippen molar-refractivity contribution >= 4 is 44.5 Å². The lowest BCUT2D eigenvalue weighted by Crippen LogP contribution is -2.57. The average molecular weight is 491 g/mol. The first-order valence-electron chi connectivity index (χ1n) is 11.3. The van der Waals surface area contributed by atoms with Gasteiger partial charge in [0.2, 0.25) is 0 Å². The van der Waals surface area contributed by atoms with Crippen LogP contribution in [0.1, 0.15) is 12.0 Å². The fourth-order valence-electron chi connectivity index (χ4n) is 5.47. The number of nitrogens with zero attached hydrogens (tertiary/aromatic N) is 3. The Morgan fingerprint density at radius 1 is 0.971 bits per heavy atom. The van der Waals surface area contributed by atoms with Gasteiger partial charge in [0.1, 0.15) is 6.04 Å². The number of carbonyl (C=O) groups excluding carboxylic acids is 3. The average Bonchev–Trinajstić information content (AvgIpc) is 3.50. The van der Waals surface area contributed by atoms with Crippen LogP contribution in [0.5, 0.6) is 0 Å². The van der Waals surface area contributed by atoms with Crippen molar-refractivity contribution in [2.75, 3.05) is 11.4 Å². The van der Waals surface area contributed by atoms with Gasteiger partial charge in [0, 0.05) is 11.9 Å². The Balaban J connectivity index is 1.27. The molecule has 5 amide bonds. The van der Waals surface area contributed by atoms with Gasteiger partial charge in [-0.2, -0.15) is 0 Å². The SMILES string of the molecule is Cc1ccc(S(=O)(=O)NC(=O)N2CC3CC2[C@H]2C(=O)N(c4cccc5ccccc45)C(=O)N32)cc1. The van der Waals surface area contributed by atoms with E-state index in [0.717, 1.165) is 16.3 Å². The lowest BCUT2D eigenvalue weighted by atomic mass is 10.1. The monoisotopic (exact) mass is 490 g/mol. The van der Waals surface area contributed by atoms with E-state index in [0.29, 0.717) is 12.1 Å². The third kappa shape index (κ3) is 3.20. The van der Waals surface area contributed by atoms with E-state index in [1.807, 2.05) is 37.3 Å². The van der Waals surface area contributed by atoms with Gasteiger partial charge in [0.05, 0.1) is 22.7 Å². The first-order chi connectivity index (χ1) is 16.8. The molecule has 178 valence electrons. The molecule has 0 spiro atoms. The zero-order chi connectivity index (χ0) is 24.5. The molecule has 6 rings (SSSR count). The third-order valence-electron chi connectivity index (χ3n) is 7.09. The Kier molecular flexibility index (Phi) is 4.65. The van der Waals surface area contributed by atoms with Crippen LogP contribution in [-0.2, 0) is 14.8 Å². The summed E-state index contributed by atoms with van der Waals surface area (Å²) in [6.07, 6.45) is 0.434. The molecular formula is C25H22N4O5S. The van der Waals surface area contributed by atoms with Crippen molar-refractivity contribution in [1.29, 1.82) is 0 Å². The Hall–Kier alpha value is -3.92. The molecule has 3 fully saturated rings. The van der Waals surface area contributed by atoms with E-state index in [9.17, 15) is 22.8 Å². The van der Waals surface area contributed by atoms with Crippen molar-refractivity contribution in [2.45, 2.75) is 36.4 Å². The van der Waals surface area contributed by atoms with Gasteiger partial charge in [-0.15, -0.1) is 0 Å². The standard InChI is InChI=1S/C25H22N4O5S/c1-15-9-11-18(12-10-15)35(33,34)26-24(31)27-14-17-13-21(27)22-23(30)29(25(32)28(17)22)20-8-4-6-16-5-2-3-7-19(16)20/h2-12,17,21-22H,13-14H2,1H3,(H,26,31)/t17?,21?,22-/m0/s1. The van der Waals surface area contributed by atoms with Crippen molar-refractivity contribution in [3.63, 3.8) is 0 Å². The van der Waals surface area contributed by atoms with Crippen LogP contribution in [-0.4, -0.2) is 60.9 Å². The lowest BCUT2D eigenvalue weighted by molar-refractivity contribution is -0.120. The van der Waals surface area contributed by atoms with Gasteiger partial charge in [-0.05, 0) is 36.9 Å². The molecule has 3 atom stereocenters. The molecule has 3 aliphatic heterocycles. The van der Waals surface area contributed by atoms with Gasteiger partial charge in [-0.1, -0.05) is 54.1 Å². The van der Waals surface area contributed by atoms with Crippen molar-refractivity contribution in [2.24, 2.45) is 0 Å². The molecule has 2 unspecified atom stereocenters. The number of anilines is 1. The first-order valence-corrected chi connectivity index (χ1v) is 12.8. The molecule has 3 aromatic rings. The highest BCUT2D eigenvalue weighted by Crippen LogP contribution is 2.43. The van der Waals surface area contributed by atoms with Gasteiger partial charge in [0.15, 0.2) is 0 Å². The van der Waals surface area contributed by atoms with Crippen LogP contribution in [0.3, 0.4) is 0 Å². The quantitative estimate of drug-likeness (QED) is 0.568. The maximum Gasteiger partial charge on any atom is 0.332 e. The second-order valence-corrected chi connectivity index (χ2v) is 10.8. The summed E-state index contributed by atoms with van der Waals surface area (Å²) in [4.78, 5) is 44.0. The second kappa shape index (κ2) is 7.54. The van der Waals surface area contributed by atoms with E-state index >= 15 is 0 Å². The highest BCUT2D eigenvalue weighted by Gasteiger charge is 2.63. The van der Waals surface area contributed by atoms with Gasteiger partial charge in [-0.25, -0.2) is 27.6 Å². The molecule has 0 aromatic heterocycles. The van der Waals surface area contributed by atoms with Crippen molar-refractivity contribution in [3.05, 3.63) is 72.3 Å². The minimum Gasteiger partial charge on any atom is -0.316 e. The van der Waals surface area contributed by atoms with E-state index in [1.54, 1.807) is 29.2 Å². The molecule has 10 heteroatoms. The number of rotatable bonds is 3. The Labute approximate surface area is 202 Å². The molecule has 3 aromatic carbocycles. The summed E-state index contributed by atoms with van der Waals surface area (Å²) < 4.78 is 27.6. The summed E-state index contributed by atoms with van der Waals surface area (Å²) in [5, 5.41) is 1.69. The molecular weight excluding hydrogens is 468 g/mol. The fourth-order valence-corrected chi connectivity index (χ4v) is 6.42. The number of nitrogens with one attached hydrogen (secondary N) is 1. The number of amides is 5. The summed E-state index contributed by atoms with van der Waals surface area (Å²) in [7, 11) is -4.07. The summed E-state index contributed by atoms with van der Waals surface area (Å²) >= 11 is 0. The molecule has 0 radical (unpaired) electrons. The molecule has 0 aliphatic carbocycles. The predicted octanol–water partition coefficient (Wildman–Crippen LogP) is 2.84. The van der Waals surface area contributed by atoms with Crippen LogP contribution in [0.4, 0.5) is 15.3 Å². The third-order valence-corrected chi connectivity index (χ3v) is 8.42. The molecule has 9 nitrogen and oxygen atoms in total. The molecule has 3 saturated heterocycles. The Morgan fingerprint density at radius 2 is 1.69 bits per heavy atom. The van der Waals surface area contributed by atoms with E-state index in [-0.39, 0.29) is 17.5 Å². The minimum absolute atomic E-state index is 0.0170. The van der Waals surface area contributed by atoms with Gasteiger partial charge < -0.3 is 9.80 Å². The zero-order valence-corrected chi connectivity index (χ0v) is 19.6. The number of fused-ring (bicyclic) bond motifs is 6. The fraction of sp³-hybridized carbons (Fsp3) is 0.240. The van der Waals surface area contributed by atoms with Gasteiger partial charge >= 0.3 is 12.1 Å². The first kappa shape index (κ1) is 21.6. The van der Waals surface area contributed by atoms with E-state index in [2.05, 4.69) is 4.72 Å². The highest BCUT2D eigenvalue weighted by molar-refractivity contribution is 7.90. The van der Waals surface area contributed by atoms with E-state index in [4.69, 9.17) is 0 Å². The Bertz CT molecular complexity index is 1500. The van der Waals surface area contributed by atoms with Crippen LogP contribution >= 0.6 is 0 Å². The van der Waals surface area contributed by atoms with E-state index < -0.39 is 40.1 Å². The lowest BCUT2D eigenvalue weighted by Gasteiger charge is -2.34. The molecule has 2 bridgehead atoms. The molecule has 35 heavy (non-hydrogen) atoms.